The van der Waals surface area contributed by atoms with E-state index in [1.54, 1.807) is 13.3 Å². The second kappa shape index (κ2) is 7.75. The summed E-state index contributed by atoms with van der Waals surface area (Å²) >= 11 is 0. The van der Waals surface area contributed by atoms with Crippen LogP contribution in [0.25, 0.3) is 11.1 Å². The van der Waals surface area contributed by atoms with E-state index in [4.69, 9.17) is 4.74 Å². The summed E-state index contributed by atoms with van der Waals surface area (Å²) in [5.41, 5.74) is 4.64. The minimum Gasteiger partial charge on any atom is -0.496 e. The monoisotopic (exact) mass is 318 g/mol. The van der Waals surface area contributed by atoms with Crippen LogP contribution in [0.5, 0.6) is 5.75 Å². The van der Waals surface area contributed by atoms with Crippen LogP contribution in [0.2, 0.25) is 0 Å². The first-order valence-corrected chi connectivity index (χ1v) is 8.13. The van der Waals surface area contributed by atoms with Gasteiger partial charge in [0.2, 0.25) is 0 Å². The van der Waals surface area contributed by atoms with Crippen molar-refractivity contribution in [3.05, 3.63) is 84.2 Å². The number of ether oxygens (including phenoxy) is 1. The molecule has 0 aliphatic rings. The summed E-state index contributed by atoms with van der Waals surface area (Å²) in [7, 11) is 1.70. The van der Waals surface area contributed by atoms with Crippen molar-refractivity contribution in [2.75, 3.05) is 7.11 Å². The molecule has 3 aromatic rings. The van der Waals surface area contributed by atoms with Crippen LogP contribution in [0.4, 0.5) is 0 Å². The lowest BCUT2D eigenvalue weighted by atomic mass is 10.0. The summed E-state index contributed by atoms with van der Waals surface area (Å²) < 4.78 is 5.50. The SMILES string of the molecule is COc1ccc(CN[C@H](C)c2ccccc2)cc1-c1cccnc1. The molecule has 0 spiro atoms. The van der Waals surface area contributed by atoms with E-state index < -0.39 is 0 Å². The van der Waals surface area contributed by atoms with Crippen LogP contribution < -0.4 is 10.1 Å². The van der Waals surface area contributed by atoms with Crippen LogP contribution in [0.15, 0.2) is 73.1 Å². The van der Waals surface area contributed by atoms with Crippen molar-refractivity contribution in [3.8, 4) is 16.9 Å². The van der Waals surface area contributed by atoms with E-state index in [0.29, 0.717) is 6.04 Å². The average molecular weight is 318 g/mol. The standard InChI is InChI=1S/C21H22N2O/c1-16(18-7-4-3-5-8-18)23-14-17-10-11-21(24-2)20(13-17)19-9-6-12-22-15-19/h3-13,15-16,23H,14H2,1-2H3/t16-/m1/s1. The Balaban J connectivity index is 1.77. The molecule has 0 amide bonds. The Labute approximate surface area is 143 Å². The lowest BCUT2D eigenvalue weighted by Crippen LogP contribution is -2.18. The molecule has 1 atom stereocenters. The van der Waals surface area contributed by atoms with Crippen LogP contribution in [0.1, 0.15) is 24.1 Å². The zero-order valence-electron chi connectivity index (χ0n) is 14.1. The molecule has 3 rings (SSSR count). The van der Waals surface area contributed by atoms with E-state index >= 15 is 0 Å². The van der Waals surface area contributed by atoms with Gasteiger partial charge in [0.1, 0.15) is 5.75 Å². The maximum absolute atomic E-state index is 5.50. The highest BCUT2D eigenvalue weighted by atomic mass is 16.5. The zero-order chi connectivity index (χ0) is 16.8. The van der Waals surface area contributed by atoms with Gasteiger partial charge in [0.05, 0.1) is 7.11 Å². The Hall–Kier alpha value is -2.65. The molecule has 0 aliphatic carbocycles. The fourth-order valence-corrected chi connectivity index (χ4v) is 2.74. The van der Waals surface area contributed by atoms with Crippen molar-refractivity contribution in [3.63, 3.8) is 0 Å². The number of hydrogen-bond acceptors (Lipinski definition) is 3. The van der Waals surface area contributed by atoms with Crippen molar-refractivity contribution >= 4 is 0 Å². The summed E-state index contributed by atoms with van der Waals surface area (Å²) in [5.74, 6) is 0.864. The second-order valence-corrected chi connectivity index (χ2v) is 5.79. The Morgan fingerprint density at radius 3 is 2.58 bits per heavy atom. The normalized spacial score (nSPS) is 11.9. The van der Waals surface area contributed by atoms with Gasteiger partial charge in [-0.05, 0) is 36.2 Å². The number of aromatic nitrogens is 1. The van der Waals surface area contributed by atoms with Crippen molar-refractivity contribution in [1.29, 1.82) is 0 Å². The molecule has 24 heavy (non-hydrogen) atoms. The summed E-state index contributed by atoms with van der Waals surface area (Å²) in [5, 5.41) is 3.57. The number of nitrogens with one attached hydrogen (secondary N) is 1. The molecular weight excluding hydrogens is 296 g/mol. The molecule has 0 saturated heterocycles. The quantitative estimate of drug-likeness (QED) is 0.721. The van der Waals surface area contributed by atoms with Crippen LogP contribution in [0, 0.1) is 0 Å². The topological polar surface area (TPSA) is 34.1 Å². The first kappa shape index (κ1) is 16.2. The van der Waals surface area contributed by atoms with Gasteiger partial charge >= 0.3 is 0 Å². The van der Waals surface area contributed by atoms with E-state index in [9.17, 15) is 0 Å². The third-order valence-corrected chi connectivity index (χ3v) is 4.15. The maximum Gasteiger partial charge on any atom is 0.126 e. The Bertz CT molecular complexity index is 772. The molecule has 3 heteroatoms. The number of methoxy groups -OCH3 is 1. The van der Waals surface area contributed by atoms with Crippen LogP contribution in [-0.4, -0.2) is 12.1 Å². The van der Waals surface area contributed by atoms with Crippen molar-refractivity contribution in [2.24, 2.45) is 0 Å². The second-order valence-electron chi connectivity index (χ2n) is 5.79. The van der Waals surface area contributed by atoms with Crippen molar-refractivity contribution in [1.82, 2.24) is 10.3 Å². The van der Waals surface area contributed by atoms with Gasteiger partial charge in [0.25, 0.3) is 0 Å². The third-order valence-electron chi connectivity index (χ3n) is 4.15. The predicted octanol–water partition coefficient (Wildman–Crippen LogP) is 4.61. The highest BCUT2D eigenvalue weighted by molar-refractivity contribution is 5.70. The Morgan fingerprint density at radius 2 is 1.88 bits per heavy atom. The van der Waals surface area contributed by atoms with E-state index in [1.807, 2.05) is 24.4 Å². The number of rotatable bonds is 6. The Morgan fingerprint density at radius 1 is 1.04 bits per heavy atom. The van der Waals surface area contributed by atoms with E-state index in [1.165, 1.54) is 11.1 Å². The first-order chi connectivity index (χ1) is 11.8. The van der Waals surface area contributed by atoms with E-state index in [-0.39, 0.29) is 0 Å². The van der Waals surface area contributed by atoms with Crippen molar-refractivity contribution in [2.45, 2.75) is 19.5 Å². The minimum absolute atomic E-state index is 0.301. The lowest BCUT2D eigenvalue weighted by Gasteiger charge is -2.16. The molecule has 1 N–H and O–H groups in total. The third kappa shape index (κ3) is 3.81. The van der Waals surface area contributed by atoms with Gasteiger partial charge in [0, 0.05) is 36.1 Å². The smallest absolute Gasteiger partial charge is 0.126 e. The molecule has 0 fully saturated rings. The van der Waals surface area contributed by atoms with Gasteiger partial charge in [-0.15, -0.1) is 0 Å². The predicted molar refractivity (Wildman–Crippen MR) is 97.9 cm³/mol. The minimum atomic E-state index is 0.301. The van der Waals surface area contributed by atoms with Gasteiger partial charge in [-0.3, -0.25) is 4.98 Å². The number of nitrogens with zero attached hydrogens (tertiary/aromatic N) is 1. The molecule has 1 aromatic heterocycles. The molecule has 3 nitrogen and oxygen atoms in total. The van der Waals surface area contributed by atoms with Crippen LogP contribution >= 0.6 is 0 Å². The zero-order valence-corrected chi connectivity index (χ0v) is 14.1. The van der Waals surface area contributed by atoms with Gasteiger partial charge in [0.15, 0.2) is 0 Å². The fraction of sp³-hybridized carbons (Fsp3) is 0.190. The van der Waals surface area contributed by atoms with Gasteiger partial charge in [-0.2, -0.15) is 0 Å². The van der Waals surface area contributed by atoms with Crippen LogP contribution in [0.3, 0.4) is 0 Å². The molecule has 1 heterocycles. The van der Waals surface area contributed by atoms with Gasteiger partial charge in [-0.1, -0.05) is 42.5 Å². The van der Waals surface area contributed by atoms with Gasteiger partial charge in [-0.25, -0.2) is 0 Å². The highest BCUT2D eigenvalue weighted by Crippen LogP contribution is 2.30. The van der Waals surface area contributed by atoms with E-state index in [0.717, 1.165) is 23.4 Å². The summed E-state index contributed by atoms with van der Waals surface area (Å²) in [6, 6.07) is 21.1. The number of hydrogen-bond donors (Lipinski definition) is 1. The molecule has 122 valence electrons. The maximum atomic E-state index is 5.50. The summed E-state index contributed by atoms with van der Waals surface area (Å²) in [4.78, 5) is 4.21. The fourth-order valence-electron chi connectivity index (χ4n) is 2.74. The summed E-state index contributed by atoms with van der Waals surface area (Å²) in [6.45, 7) is 2.98. The van der Waals surface area contributed by atoms with E-state index in [2.05, 4.69) is 59.7 Å². The molecular formula is C21H22N2O. The summed E-state index contributed by atoms with van der Waals surface area (Å²) in [6.07, 6.45) is 3.64. The van der Waals surface area contributed by atoms with Crippen LogP contribution in [-0.2, 0) is 6.54 Å². The number of benzene rings is 2. The van der Waals surface area contributed by atoms with Gasteiger partial charge < -0.3 is 10.1 Å². The largest absolute Gasteiger partial charge is 0.496 e. The highest BCUT2D eigenvalue weighted by Gasteiger charge is 2.09. The molecule has 0 saturated carbocycles. The lowest BCUT2D eigenvalue weighted by molar-refractivity contribution is 0.416. The molecule has 2 aromatic carbocycles. The Kier molecular flexibility index (Phi) is 5.24. The first-order valence-electron chi connectivity index (χ1n) is 8.13. The van der Waals surface area contributed by atoms with Crippen molar-refractivity contribution < 1.29 is 4.74 Å². The number of pyridine rings is 1. The molecule has 0 unspecified atom stereocenters. The molecule has 0 aliphatic heterocycles. The molecule has 0 bridgehead atoms. The average Bonchev–Trinajstić information content (AvgIpc) is 2.67. The molecule has 0 radical (unpaired) electrons.